The maximum absolute atomic E-state index is 12.4. The summed E-state index contributed by atoms with van der Waals surface area (Å²) in [4.78, 5) is 29.0. The van der Waals surface area contributed by atoms with E-state index in [1.54, 1.807) is 10.9 Å². The van der Waals surface area contributed by atoms with E-state index in [1.807, 2.05) is 27.0 Å². The molecule has 9 heteroatoms. The number of pyridine rings is 1. The Bertz CT molecular complexity index is 1040. The number of aromatic amines is 1. The summed E-state index contributed by atoms with van der Waals surface area (Å²) in [5, 5.41) is 8.02. The van der Waals surface area contributed by atoms with Crippen molar-refractivity contribution in [2.24, 2.45) is 0 Å². The van der Waals surface area contributed by atoms with E-state index in [-0.39, 0.29) is 11.1 Å². The topological polar surface area (TPSA) is 95.0 Å². The lowest BCUT2D eigenvalue weighted by Gasteiger charge is -2.33. The minimum absolute atomic E-state index is 0.198. The Morgan fingerprint density at radius 3 is 2.55 bits per heavy atom. The molecule has 3 aromatic heterocycles. The molecular formula is C20H28N8O. The number of hydrogen-bond acceptors (Lipinski definition) is 7. The van der Waals surface area contributed by atoms with Crippen LogP contribution >= 0.6 is 0 Å². The van der Waals surface area contributed by atoms with Gasteiger partial charge in [-0.25, -0.2) is 9.67 Å². The first kappa shape index (κ1) is 19.4. The zero-order valence-electron chi connectivity index (χ0n) is 17.4. The van der Waals surface area contributed by atoms with Crippen molar-refractivity contribution in [1.29, 1.82) is 0 Å². The maximum Gasteiger partial charge on any atom is 0.263 e. The van der Waals surface area contributed by atoms with Crippen LogP contribution in [0.4, 0.5) is 11.8 Å². The Labute approximate surface area is 169 Å². The number of rotatable bonds is 4. The summed E-state index contributed by atoms with van der Waals surface area (Å²) < 4.78 is 1.77. The second-order valence-electron chi connectivity index (χ2n) is 8.55. The number of fused-ring (bicyclic) bond motifs is 1. The van der Waals surface area contributed by atoms with Crippen LogP contribution in [0, 0.1) is 0 Å². The largest absolute Gasteiger partial charge is 0.354 e. The van der Waals surface area contributed by atoms with Crippen LogP contribution in [0.15, 0.2) is 29.3 Å². The number of aromatic nitrogens is 5. The Kier molecular flexibility index (Phi) is 4.99. The molecule has 9 nitrogen and oxygen atoms in total. The van der Waals surface area contributed by atoms with Gasteiger partial charge in [0.15, 0.2) is 5.65 Å². The second-order valence-corrected chi connectivity index (χ2v) is 8.55. The van der Waals surface area contributed by atoms with Gasteiger partial charge in [-0.3, -0.25) is 9.78 Å². The van der Waals surface area contributed by atoms with Crippen molar-refractivity contribution in [2.45, 2.75) is 32.9 Å². The summed E-state index contributed by atoms with van der Waals surface area (Å²) in [5.41, 5.74) is 1.14. The molecule has 0 aliphatic carbocycles. The number of piperazine rings is 1. The van der Waals surface area contributed by atoms with E-state index >= 15 is 0 Å². The van der Waals surface area contributed by atoms with Crippen LogP contribution in [-0.4, -0.2) is 62.9 Å². The summed E-state index contributed by atoms with van der Waals surface area (Å²) in [6, 6.07) is 4.11. The van der Waals surface area contributed by atoms with Gasteiger partial charge in [-0.05, 0) is 39.4 Å². The fraction of sp³-hybridized carbons (Fsp3) is 0.500. The molecule has 0 unspecified atom stereocenters. The minimum Gasteiger partial charge on any atom is -0.354 e. The number of nitrogens with one attached hydrogen (secondary N) is 2. The average Bonchev–Trinajstić information content (AvgIpc) is 3.13. The van der Waals surface area contributed by atoms with E-state index in [2.05, 4.69) is 54.3 Å². The number of H-pyrrole nitrogens is 1. The predicted octanol–water partition coefficient (Wildman–Crippen LogP) is 1.63. The van der Waals surface area contributed by atoms with Gasteiger partial charge in [0.25, 0.3) is 5.56 Å². The van der Waals surface area contributed by atoms with Crippen molar-refractivity contribution in [3.05, 3.63) is 40.4 Å². The third-order valence-electron chi connectivity index (χ3n) is 5.17. The molecule has 0 radical (unpaired) electrons. The van der Waals surface area contributed by atoms with Gasteiger partial charge in [0.05, 0.1) is 11.7 Å². The Hall–Kier alpha value is -2.94. The summed E-state index contributed by atoms with van der Waals surface area (Å²) in [6.07, 6.45) is 3.44. The summed E-state index contributed by atoms with van der Waals surface area (Å²) in [5.74, 6) is 1.43. The fourth-order valence-electron chi connectivity index (χ4n) is 3.42. The van der Waals surface area contributed by atoms with Gasteiger partial charge in [0.1, 0.15) is 11.2 Å². The van der Waals surface area contributed by atoms with Crippen molar-refractivity contribution in [3.63, 3.8) is 0 Å². The Morgan fingerprint density at radius 2 is 1.90 bits per heavy atom. The second kappa shape index (κ2) is 7.47. The smallest absolute Gasteiger partial charge is 0.263 e. The zero-order chi connectivity index (χ0) is 20.6. The monoisotopic (exact) mass is 396 g/mol. The van der Waals surface area contributed by atoms with Crippen molar-refractivity contribution in [1.82, 2.24) is 29.6 Å². The summed E-state index contributed by atoms with van der Waals surface area (Å²) >= 11 is 0. The van der Waals surface area contributed by atoms with Gasteiger partial charge in [-0.15, -0.1) is 0 Å². The number of anilines is 2. The molecule has 3 aromatic rings. The molecule has 0 spiro atoms. The fourth-order valence-corrected chi connectivity index (χ4v) is 3.42. The van der Waals surface area contributed by atoms with Crippen LogP contribution in [0.3, 0.4) is 0 Å². The van der Waals surface area contributed by atoms with E-state index in [1.165, 1.54) is 0 Å². The Morgan fingerprint density at radius 1 is 1.14 bits per heavy atom. The van der Waals surface area contributed by atoms with Gasteiger partial charge in [0.2, 0.25) is 5.95 Å². The van der Waals surface area contributed by atoms with Gasteiger partial charge in [-0.1, -0.05) is 6.07 Å². The molecule has 0 atom stereocenters. The van der Waals surface area contributed by atoms with Crippen LogP contribution < -0.4 is 15.8 Å². The zero-order valence-corrected chi connectivity index (χ0v) is 17.4. The molecule has 0 aromatic carbocycles. The summed E-state index contributed by atoms with van der Waals surface area (Å²) in [6.45, 7) is 10.7. The molecular weight excluding hydrogens is 368 g/mol. The molecule has 1 fully saturated rings. The lowest BCUT2D eigenvalue weighted by Crippen LogP contribution is -2.44. The quantitative estimate of drug-likeness (QED) is 0.692. The average molecular weight is 396 g/mol. The number of nitrogens with zero attached hydrogens (tertiary/aromatic N) is 6. The molecule has 0 saturated carbocycles. The molecule has 0 bridgehead atoms. The van der Waals surface area contributed by atoms with Gasteiger partial charge in [0, 0.05) is 38.9 Å². The van der Waals surface area contributed by atoms with Crippen molar-refractivity contribution < 1.29 is 0 Å². The van der Waals surface area contributed by atoms with Crippen LogP contribution in [0.2, 0.25) is 0 Å². The molecule has 2 N–H and O–H groups in total. The normalized spacial score (nSPS) is 15.8. The SMILES string of the molecule is CN1CCN(c2ccc(CNc3nc4c(cnn4C(C)(C)C)c(=O)[nH]3)cn2)CC1. The van der Waals surface area contributed by atoms with E-state index in [4.69, 9.17) is 0 Å². The van der Waals surface area contributed by atoms with E-state index in [0.29, 0.717) is 23.5 Å². The number of likely N-dealkylation sites (N-methyl/N-ethyl adjacent to an activating group) is 1. The minimum atomic E-state index is -0.261. The molecule has 0 amide bonds. The van der Waals surface area contributed by atoms with E-state index < -0.39 is 0 Å². The highest BCUT2D eigenvalue weighted by Gasteiger charge is 2.20. The highest BCUT2D eigenvalue weighted by Crippen LogP contribution is 2.19. The van der Waals surface area contributed by atoms with Gasteiger partial charge in [-0.2, -0.15) is 10.1 Å². The maximum atomic E-state index is 12.4. The van der Waals surface area contributed by atoms with E-state index in [0.717, 1.165) is 37.6 Å². The predicted molar refractivity (Wildman–Crippen MR) is 114 cm³/mol. The van der Waals surface area contributed by atoms with Crippen molar-refractivity contribution in [3.8, 4) is 0 Å². The van der Waals surface area contributed by atoms with Gasteiger partial charge < -0.3 is 15.1 Å². The highest BCUT2D eigenvalue weighted by molar-refractivity contribution is 5.74. The van der Waals surface area contributed by atoms with Crippen LogP contribution in [0.1, 0.15) is 26.3 Å². The highest BCUT2D eigenvalue weighted by atomic mass is 16.1. The molecule has 154 valence electrons. The molecule has 1 saturated heterocycles. The summed E-state index contributed by atoms with van der Waals surface area (Å²) in [7, 11) is 2.14. The lowest BCUT2D eigenvalue weighted by atomic mass is 10.1. The third kappa shape index (κ3) is 4.09. The molecule has 1 aliphatic rings. The first-order valence-corrected chi connectivity index (χ1v) is 9.92. The molecule has 4 rings (SSSR count). The standard InChI is InChI=1S/C20H28N8O/c1-20(2,3)28-17-15(13-23-28)18(29)25-19(24-17)22-12-14-5-6-16(21-11-14)27-9-7-26(4)8-10-27/h5-6,11,13H,7-10,12H2,1-4H3,(H2,22,24,25,29). The van der Waals surface area contributed by atoms with Crippen LogP contribution in [-0.2, 0) is 12.1 Å². The molecule has 1 aliphatic heterocycles. The Balaban J connectivity index is 1.47. The van der Waals surface area contributed by atoms with Crippen LogP contribution in [0.25, 0.3) is 11.0 Å². The molecule has 4 heterocycles. The van der Waals surface area contributed by atoms with Gasteiger partial charge >= 0.3 is 0 Å². The van der Waals surface area contributed by atoms with Crippen LogP contribution in [0.5, 0.6) is 0 Å². The van der Waals surface area contributed by atoms with Crippen molar-refractivity contribution >= 4 is 22.8 Å². The first-order valence-electron chi connectivity index (χ1n) is 9.92. The van der Waals surface area contributed by atoms with Crippen molar-refractivity contribution in [2.75, 3.05) is 43.4 Å². The number of hydrogen-bond donors (Lipinski definition) is 2. The molecule has 29 heavy (non-hydrogen) atoms. The third-order valence-corrected chi connectivity index (χ3v) is 5.17. The lowest BCUT2D eigenvalue weighted by molar-refractivity contribution is 0.312. The first-order chi connectivity index (χ1) is 13.8. The van der Waals surface area contributed by atoms with E-state index in [9.17, 15) is 4.79 Å².